The Morgan fingerprint density at radius 1 is 1.33 bits per heavy atom. The molecule has 0 radical (unpaired) electrons. The molecule has 1 aromatic heterocycles. The van der Waals surface area contributed by atoms with Gasteiger partial charge in [0.25, 0.3) is 0 Å². The largest absolute Gasteiger partial charge is 0.307 e. The lowest BCUT2D eigenvalue weighted by Gasteiger charge is -2.36. The second kappa shape index (κ2) is 7.41. The molecular formula is C17H32N4. The van der Waals surface area contributed by atoms with Crippen molar-refractivity contribution in [2.24, 2.45) is 13.0 Å². The van der Waals surface area contributed by atoms with E-state index >= 15 is 0 Å². The van der Waals surface area contributed by atoms with Crippen LogP contribution < -0.4 is 5.32 Å². The maximum absolute atomic E-state index is 4.36. The molecule has 0 amide bonds. The van der Waals surface area contributed by atoms with Crippen LogP contribution >= 0.6 is 0 Å². The van der Waals surface area contributed by atoms with E-state index in [1.807, 2.05) is 17.9 Å². The number of hydrogen-bond donors (Lipinski definition) is 1. The highest BCUT2D eigenvalue weighted by molar-refractivity contribution is 5.19. The van der Waals surface area contributed by atoms with Crippen molar-refractivity contribution in [3.8, 4) is 0 Å². The summed E-state index contributed by atoms with van der Waals surface area (Å²) in [5.41, 5.74) is 2.59. The quantitative estimate of drug-likeness (QED) is 0.875. The number of likely N-dealkylation sites (tertiary alicyclic amines) is 1. The lowest BCUT2D eigenvalue weighted by molar-refractivity contribution is 0.159. The summed E-state index contributed by atoms with van der Waals surface area (Å²) < 4.78 is 1.96. The minimum Gasteiger partial charge on any atom is -0.307 e. The van der Waals surface area contributed by atoms with Crippen LogP contribution in [0.1, 0.15) is 57.3 Å². The zero-order valence-electron chi connectivity index (χ0n) is 14.4. The highest BCUT2D eigenvalue weighted by Crippen LogP contribution is 2.24. The molecule has 0 aromatic carbocycles. The summed E-state index contributed by atoms with van der Waals surface area (Å²) in [6.45, 7) is 12.8. The van der Waals surface area contributed by atoms with Crippen LogP contribution in [0.25, 0.3) is 0 Å². The van der Waals surface area contributed by atoms with Gasteiger partial charge in [-0.2, -0.15) is 5.10 Å². The van der Waals surface area contributed by atoms with Crippen LogP contribution in [0.4, 0.5) is 0 Å². The van der Waals surface area contributed by atoms with Gasteiger partial charge in [0.05, 0.1) is 6.20 Å². The number of piperidine rings is 1. The van der Waals surface area contributed by atoms with Crippen LogP contribution in [0.5, 0.6) is 0 Å². The summed E-state index contributed by atoms with van der Waals surface area (Å²) in [4.78, 5) is 2.61. The number of rotatable bonds is 6. The van der Waals surface area contributed by atoms with E-state index in [9.17, 15) is 0 Å². The van der Waals surface area contributed by atoms with E-state index in [1.165, 1.54) is 50.2 Å². The summed E-state index contributed by atoms with van der Waals surface area (Å²) in [5.74, 6) is 0.803. The highest BCUT2D eigenvalue weighted by Gasteiger charge is 2.25. The fraction of sp³-hybridized carbons (Fsp3) is 0.824. The van der Waals surface area contributed by atoms with Gasteiger partial charge < -0.3 is 10.2 Å². The van der Waals surface area contributed by atoms with Crippen LogP contribution in [0.2, 0.25) is 0 Å². The summed E-state index contributed by atoms with van der Waals surface area (Å²) in [7, 11) is 2.01. The van der Waals surface area contributed by atoms with Crippen molar-refractivity contribution in [2.75, 3.05) is 19.6 Å². The molecule has 1 fully saturated rings. The third kappa shape index (κ3) is 4.07. The molecule has 1 aromatic rings. The van der Waals surface area contributed by atoms with Gasteiger partial charge in [-0.3, -0.25) is 4.68 Å². The standard InChI is InChI=1S/C17H32N4/c1-6-9-21-10-7-16(8-11-21)13(2)19-14(3)17-12-18-20(5)15(17)4/h12-14,16,19H,6-11H2,1-5H3. The van der Waals surface area contributed by atoms with E-state index in [0.29, 0.717) is 12.1 Å². The Morgan fingerprint density at radius 2 is 2.00 bits per heavy atom. The highest BCUT2D eigenvalue weighted by atomic mass is 15.3. The minimum absolute atomic E-state index is 0.377. The molecule has 2 unspecified atom stereocenters. The Kier molecular flexibility index (Phi) is 5.82. The van der Waals surface area contributed by atoms with Crippen LogP contribution in [0, 0.1) is 12.8 Å². The molecule has 0 saturated carbocycles. The van der Waals surface area contributed by atoms with Gasteiger partial charge in [0.15, 0.2) is 0 Å². The molecule has 21 heavy (non-hydrogen) atoms. The maximum Gasteiger partial charge on any atom is 0.0540 e. The second-order valence-electron chi connectivity index (χ2n) is 6.67. The first kappa shape index (κ1) is 16.5. The van der Waals surface area contributed by atoms with Gasteiger partial charge in [-0.15, -0.1) is 0 Å². The molecule has 1 saturated heterocycles. The molecule has 0 spiro atoms. The van der Waals surface area contributed by atoms with Crippen molar-refractivity contribution >= 4 is 0 Å². The Labute approximate surface area is 129 Å². The van der Waals surface area contributed by atoms with Crippen molar-refractivity contribution in [2.45, 2.75) is 59.0 Å². The zero-order valence-corrected chi connectivity index (χ0v) is 14.4. The molecule has 2 heterocycles. The summed E-state index contributed by atoms with van der Waals surface area (Å²) in [6, 6.07) is 0.950. The molecular weight excluding hydrogens is 260 g/mol. The Morgan fingerprint density at radius 3 is 2.52 bits per heavy atom. The van der Waals surface area contributed by atoms with Crippen molar-refractivity contribution in [3.63, 3.8) is 0 Å². The number of aromatic nitrogens is 2. The van der Waals surface area contributed by atoms with Gasteiger partial charge in [0, 0.05) is 30.4 Å². The van der Waals surface area contributed by atoms with E-state index in [4.69, 9.17) is 0 Å². The fourth-order valence-electron chi connectivity index (χ4n) is 3.55. The third-order valence-corrected chi connectivity index (χ3v) is 5.13. The smallest absolute Gasteiger partial charge is 0.0540 e. The minimum atomic E-state index is 0.377. The lowest BCUT2D eigenvalue weighted by Crippen LogP contribution is -2.42. The molecule has 2 rings (SSSR count). The second-order valence-corrected chi connectivity index (χ2v) is 6.67. The molecule has 0 bridgehead atoms. The zero-order chi connectivity index (χ0) is 15.4. The molecule has 0 aliphatic carbocycles. The average Bonchev–Trinajstić information content (AvgIpc) is 2.80. The van der Waals surface area contributed by atoms with Gasteiger partial charge >= 0.3 is 0 Å². The normalized spacial score (nSPS) is 20.6. The Hall–Kier alpha value is -0.870. The predicted molar refractivity (Wildman–Crippen MR) is 88.4 cm³/mol. The van der Waals surface area contributed by atoms with Crippen molar-refractivity contribution in [1.82, 2.24) is 20.0 Å². The van der Waals surface area contributed by atoms with Crippen LogP contribution in [-0.4, -0.2) is 40.4 Å². The van der Waals surface area contributed by atoms with Crippen molar-refractivity contribution < 1.29 is 0 Å². The first-order valence-electron chi connectivity index (χ1n) is 8.49. The first-order valence-corrected chi connectivity index (χ1v) is 8.49. The maximum atomic E-state index is 4.36. The topological polar surface area (TPSA) is 33.1 Å². The van der Waals surface area contributed by atoms with Crippen LogP contribution in [-0.2, 0) is 7.05 Å². The van der Waals surface area contributed by atoms with Gasteiger partial charge in [0.2, 0.25) is 0 Å². The van der Waals surface area contributed by atoms with Crippen LogP contribution in [0.15, 0.2) is 6.20 Å². The Balaban J connectivity index is 1.84. The van der Waals surface area contributed by atoms with Crippen molar-refractivity contribution in [1.29, 1.82) is 0 Å². The average molecular weight is 292 g/mol. The summed E-state index contributed by atoms with van der Waals surface area (Å²) in [5, 5.41) is 8.15. The number of nitrogens with zero attached hydrogens (tertiary/aromatic N) is 3. The van der Waals surface area contributed by atoms with Crippen LogP contribution in [0.3, 0.4) is 0 Å². The lowest BCUT2D eigenvalue weighted by atomic mass is 9.89. The Bertz CT molecular complexity index is 432. The number of aryl methyl sites for hydroxylation is 1. The molecule has 1 aliphatic heterocycles. The summed E-state index contributed by atoms with van der Waals surface area (Å²) >= 11 is 0. The molecule has 2 atom stereocenters. The van der Waals surface area contributed by atoms with E-state index in [0.717, 1.165) is 5.92 Å². The molecule has 1 aliphatic rings. The predicted octanol–water partition coefficient (Wildman–Crippen LogP) is 2.89. The van der Waals surface area contributed by atoms with Gasteiger partial charge in [-0.1, -0.05) is 6.92 Å². The fourth-order valence-corrected chi connectivity index (χ4v) is 3.55. The van der Waals surface area contributed by atoms with Gasteiger partial charge in [-0.05, 0) is 65.6 Å². The van der Waals surface area contributed by atoms with Gasteiger partial charge in [-0.25, -0.2) is 0 Å². The van der Waals surface area contributed by atoms with E-state index in [2.05, 4.69) is 43.0 Å². The summed E-state index contributed by atoms with van der Waals surface area (Å²) in [6.07, 6.45) is 5.93. The SMILES string of the molecule is CCCN1CCC(C(C)NC(C)c2cnn(C)c2C)CC1. The van der Waals surface area contributed by atoms with E-state index < -0.39 is 0 Å². The van der Waals surface area contributed by atoms with E-state index in [1.54, 1.807) is 0 Å². The monoisotopic (exact) mass is 292 g/mol. The van der Waals surface area contributed by atoms with E-state index in [-0.39, 0.29) is 0 Å². The molecule has 4 heteroatoms. The molecule has 1 N–H and O–H groups in total. The third-order valence-electron chi connectivity index (χ3n) is 5.13. The van der Waals surface area contributed by atoms with Gasteiger partial charge in [0.1, 0.15) is 0 Å². The molecule has 4 nitrogen and oxygen atoms in total. The molecule has 120 valence electrons. The number of nitrogens with one attached hydrogen (secondary N) is 1. The van der Waals surface area contributed by atoms with Crippen molar-refractivity contribution in [3.05, 3.63) is 17.5 Å². The number of hydrogen-bond acceptors (Lipinski definition) is 3. The first-order chi connectivity index (χ1) is 10.0.